The summed E-state index contributed by atoms with van der Waals surface area (Å²) < 4.78 is 36.6. The van der Waals surface area contributed by atoms with Gasteiger partial charge in [-0.15, -0.1) is 0 Å². The van der Waals surface area contributed by atoms with E-state index >= 15 is 0 Å². The molecule has 0 unspecified atom stereocenters. The van der Waals surface area contributed by atoms with Crippen molar-refractivity contribution < 1.29 is 21.7 Å². The minimum Gasteiger partial charge on any atom is -0.325 e. The summed E-state index contributed by atoms with van der Waals surface area (Å²) in [6.45, 7) is 3.59. The summed E-state index contributed by atoms with van der Waals surface area (Å²) in [7, 11) is -2.68. The van der Waals surface area contributed by atoms with E-state index in [2.05, 4.69) is 14.1 Å². The number of anilines is 1. The van der Waals surface area contributed by atoms with Gasteiger partial charge in [0.15, 0.2) is 0 Å². The molecule has 1 N–H and O–H groups in total. The summed E-state index contributed by atoms with van der Waals surface area (Å²) in [6.07, 6.45) is 3.42. The molecule has 0 amide bonds. The summed E-state index contributed by atoms with van der Waals surface area (Å²) in [6, 6.07) is 1.53. The highest BCUT2D eigenvalue weighted by Crippen LogP contribution is 2.20. The highest BCUT2D eigenvalue weighted by Gasteiger charge is 2.24. The monoisotopic (exact) mass is 288 g/mol. The van der Waals surface area contributed by atoms with Crippen LogP contribution in [0.1, 0.15) is 25.1 Å². The van der Waals surface area contributed by atoms with Gasteiger partial charge >= 0.3 is 16.3 Å². The Morgan fingerprint density at radius 2 is 2.00 bits per heavy atom. The molecule has 1 aliphatic heterocycles. The Labute approximate surface area is 112 Å². The molecule has 1 aromatic heterocycles. The third-order valence-electron chi connectivity index (χ3n) is 3.22. The highest BCUT2D eigenvalue weighted by molar-refractivity contribution is 7.81. The van der Waals surface area contributed by atoms with E-state index in [1.807, 2.05) is 11.6 Å². The number of rotatable bonds is 3. The fraction of sp³-hybridized carbons (Fsp3) is 0.636. The Bertz CT molecular complexity index is 568. The predicted octanol–water partition coefficient (Wildman–Crippen LogP) is 0.386. The molecule has 0 spiro atoms. The third-order valence-corrected chi connectivity index (χ3v) is 3.61. The maximum atomic E-state index is 10.8. The lowest BCUT2D eigenvalue weighted by atomic mass is 10.1. The van der Waals surface area contributed by atoms with Crippen molar-refractivity contribution in [3.63, 3.8) is 0 Å². The minimum absolute atomic E-state index is 0.112. The van der Waals surface area contributed by atoms with Crippen LogP contribution in [-0.4, -0.2) is 31.0 Å². The van der Waals surface area contributed by atoms with Crippen molar-refractivity contribution in [2.75, 3.05) is 18.0 Å². The normalized spacial score (nSPS) is 16.5. The number of aryl methyl sites for hydroxylation is 1. The van der Waals surface area contributed by atoms with Crippen LogP contribution in [0, 0.1) is 6.92 Å². The molecular weight excluding hydrogens is 270 g/mol. The lowest BCUT2D eigenvalue weighted by molar-refractivity contribution is -0.668. The topological polar surface area (TPSA) is 83.6 Å². The summed E-state index contributed by atoms with van der Waals surface area (Å²) >= 11 is 0. The molecular formula is C11H18N3O4S+. The van der Waals surface area contributed by atoms with Crippen molar-refractivity contribution in [3.05, 3.63) is 11.9 Å². The molecule has 0 aromatic carbocycles. The first-order chi connectivity index (χ1) is 8.87. The second-order valence-corrected chi connectivity index (χ2v) is 5.64. The van der Waals surface area contributed by atoms with Gasteiger partial charge in [-0.3, -0.25) is 9.45 Å². The highest BCUT2D eigenvalue weighted by atomic mass is 32.3. The lowest BCUT2D eigenvalue weighted by Gasteiger charge is -2.25. The molecule has 1 saturated heterocycles. The average molecular weight is 288 g/mol. The van der Waals surface area contributed by atoms with E-state index in [-0.39, 0.29) is 5.88 Å². The molecule has 8 heteroatoms. The van der Waals surface area contributed by atoms with Crippen molar-refractivity contribution in [1.82, 2.24) is 4.98 Å². The Hall–Kier alpha value is -1.41. The Morgan fingerprint density at radius 3 is 2.58 bits per heavy atom. The van der Waals surface area contributed by atoms with Crippen molar-refractivity contribution in [2.45, 2.75) is 26.2 Å². The Balaban J connectivity index is 2.36. The van der Waals surface area contributed by atoms with Gasteiger partial charge in [0.05, 0.1) is 26.2 Å². The predicted molar refractivity (Wildman–Crippen MR) is 68.4 cm³/mol. The van der Waals surface area contributed by atoms with Crippen molar-refractivity contribution in [3.8, 4) is 5.88 Å². The van der Waals surface area contributed by atoms with E-state index < -0.39 is 10.4 Å². The van der Waals surface area contributed by atoms with E-state index in [4.69, 9.17) is 4.55 Å². The van der Waals surface area contributed by atoms with E-state index in [0.717, 1.165) is 31.7 Å². The molecule has 106 valence electrons. The molecule has 0 radical (unpaired) electrons. The van der Waals surface area contributed by atoms with Gasteiger partial charge in [0.2, 0.25) is 11.6 Å². The molecule has 1 fully saturated rings. The second-order valence-electron chi connectivity index (χ2n) is 4.62. The third kappa shape index (κ3) is 3.54. The molecule has 0 atom stereocenters. The first-order valence-corrected chi connectivity index (χ1v) is 7.53. The number of aromatic nitrogens is 2. The van der Waals surface area contributed by atoms with E-state index in [9.17, 15) is 8.42 Å². The van der Waals surface area contributed by atoms with Crippen LogP contribution in [0.25, 0.3) is 0 Å². The van der Waals surface area contributed by atoms with Gasteiger partial charge in [-0.1, -0.05) is 4.98 Å². The van der Waals surface area contributed by atoms with E-state index in [1.165, 1.54) is 12.5 Å². The number of nitrogens with zero attached hydrogens (tertiary/aromatic N) is 3. The molecule has 1 aliphatic rings. The minimum atomic E-state index is -4.54. The molecule has 2 rings (SSSR count). The van der Waals surface area contributed by atoms with Gasteiger partial charge in [-0.2, -0.15) is 8.42 Å². The van der Waals surface area contributed by atoms with Crippen LogP contribution in [0.2, 0.25) is 0 Å². The molecule has 1 aromatic rings. The maximum Gasteiger partial charge on any atom is 0.449 e. The zero-order chi connectivity index (χ0) is 14.0. The van der Waals surface area contributed by atoms with Gasteiger partial charge in [-0.05, 0) is 19.3 Å². The average Bonchev–Trinajstić information content (AvgIpc) is 2.33. The molecule has 19 heavy (non-hydrogen) atoms. The van der Waals surface area contributed by atoms with Crippen LogP contribution in [0.5, 0.6) is 5.88 Å². The number of hydrogen-bond acceptors (Lipinski definition) is 5. The molecule has 0 aliphatic carbocycles. The Morgan fingerprint density at radius 1 is 1.37 bits per heavy atom. The van der Waals surface area contributed by atoms with Gasteiger partial charge in [-0.25, -0.2) is 4.57 Å². The standard InChI is InChI=1S/C11H17N3O4S/c1-9-12-10(18-19(15,16)17)8-11(13(9)2)14-6-4-3-5-7-14/h8H,3-7H2,1-2H3/p+1. The first-order valence-electron chi connectivity index (χ1n) is 6.16. The largest absolute Gasteiger partial charge is 0.449 e. The summed E-state index contributed by atoms with van der Waals surface area (Å²) in [4.78, 5) is 6.15. The summed E-state index contributed by atoms with van der Waals surface area (Å²) in [5.41, 5.74) is 0. The zero-order valence-electron chi connectivity index (χ0n) is 11.0. The lowest BCUT2D eigenvalue weighted by Crippen LogP contribution is -2.44. The van der Waals surface area contributed by atoms with Crippen LogP contribution in [0.4, 0.5) is 5.82 Å². The maximum absolute atomic E-state index is 10.8. The van der Waals surface area contributed by atoms with E-state index in [1.54, 1.807) is 6.92 Å². The van der Waals surface area contributed by atoms with Crippen LogP contribution >= 0.6 is 0 Å². The molecule has 7 nitrogen and oxygen atoms in total. The first kappa shape index (κ1) is 14.0. The fourth-order valence-corrected chi connectivity index (χ4v) is 2.52. The molecule has 0 saturated carbocycles. The van der Waals surface area contributed by atoms with Crippen molar-refractivity contribution in [2.24, 2.45) is 7.05 Å². The van der Waals surface area contributed by atoms with Gasteiger partial charge < -0.3 is 4.18 Å². The zero-order valence-corrected chi connectivity index (χ0v) is 11.9. The molecule has 2 heterocycles. The van der Waals surface area contributed by atoms with Crippen molar-refractivity contribution >= 4 is 16.2 Å². The number of piperidine rings is 1. The Kier molecular flexibility index (Phi) is 3.91. The van der Waals surface area contributed by atoms with Gasteiger partial charge in [0, 0.05) is 6.92 Å². The fourth-order valence-electron chi connectivity index (χ4n) is 2.22. The SMILES string of the molecule is Cc1nc(OS(=O)(=O)O)cc(N2CCCCC2)[n+]1C. The summed E-state index contributed by atoms with van der Waals surface area (Å²) in [5.74, 6) is 1.34. The van der Waals surface area contributed by atoms with Crippen LogP contribution < -0.4 is 13.7 Å². The summed E-state index contributed by atoms with van der Waals surface area (Å²) in [5, 5.41) is 0. The van der Waals surface area contributed by atoms with Gasteiger partial charge in [0.1, 0.15) is 0 Å². The quantitative estimate of drug-likeness (QED) is 0.640. The van der Waals surface area contributed by atoms with Gasteiger partial charge in [0.25, 0.3) is 0 Å². The van der Waals surface area contributed by atoms with Crippen LogP contribution in [0.15, 0.2) is 6.07 Å². The smallest absolute Gasteiger partial charge is 0.325 e. The number of hydrogen-bond donors (Lipinski definition) is 1. The van der Waals surface area contributed by atoms with Crippen LogP contribution in [0.3, 0.4) is 0 Å². The van der Waals surface area contributed by atoms with Crippen LogP contribution in [-0.2, 0) is 17.4 Å². The van der Waals surface area contributed by atoms with Crippen molar-refractivity contribution in [1.29, 1.82) is 0 Å². The second kappa shape index (κ2) is 5.30. The molecule has 0 bridgehead atoms. The van der Waals surface area contributed by atoms with E-state index in [0.29, 0.717) is 5.82 Å².